The number of rotatable bonds is 9. The zero-order valence-corrected chi connectivity index (χ0v) is 14.5. The molecule has 23 heavy (non-hydrogen) atoms. The first-order valence-corrected chi connectivity index (χ1v) is 8.14. The summed E-state index contributed by atoms with van der Waals surface area (Å²) in [7, 11) is 1.67. The fraction of sp³-hybridized carbons (Fsp3) is 0.500. The minimum Gasteiger partial charge on any atom is -0.493 e. The molecule has 0 fully saturated rings. The van der Waals surface area contributed by atoms with Gasteiger partial charge in [-0.25, -0.2) is 0 Å². The second-order valence-corrected chi connectivity index (χ2v) is 6.00. The van der Waals surface area contributed by atoms with Crippen molar-refractivity contribution in [3.63, 3.8) is 0 Å². The Bertz CT molecular complexity index is 608. The van der Waals surface area contributed by atoms with Crippen molar-refractivity contribution < 1.29 is 9.47 Å². The summed E-state index contributed by atoms with van der Waals surface area (Å²) in [6, 6.07) is 6.08. The van der Waals surface area contributed by atoms with Crippen molar-refractivity contribution in [2.75, 3.05) is 13.7 Å². The fourth-order valence-corrected chi connectivity index (χ4v) is 2.22. The van der Waals surface area contributed by atoms with Gasteiger partial charge >= 0.3 is 0 Å². The summed E-state index contributed by atoms with van der Waals surface area (Å²) in [5.41, 5.74) is 2.36. The first-order chi connectivity index (χ1) is 11.1. The van der Waals surface area contributed by atoms with Crippen LogP contribution in [-0.2, 0) is 19.6 Å². The maximum atomic E-state index is 5.78. The van der Waals surface area contributed by atoms with Gasteiger partial charge in [-0.15, -0.1) is 0 Å². The van der Waals surface area contributed by atoms with Gasteiger partial charge in [-0.3, -0.25) is 4.68 Å². The van der Waals surface area contributed by atoms with Crippen LogP contribution in [0.4, 0.5) is 0 Å². The Morgan fingerprint density at radius 3 is 2.61 bits per heavy atom. The molecule has 0 saturated heterocycles. The van der Waals surface area contributed by atoms with Gasteiger partial charge in [0, 0.05) is 31.4 Å². The molecule has 1 N–H and O–H groups in total. The summed E-state index contributed by atoms with van der Waals surface area (Å²) in [5.74, 6) is 2.07. The molecule has 2 rings (SSSR count). The van der Waals surface area contributed by atoms with E-state index in [1.165, 1.54) is 11.1 Å². The Hall–Kier alpha value is -2.01. The van der Waals surface area contributed by atoms with E-state index in [-0.39, 0.29) is 0 Å². The smallest absolute Gasteiger partial charge is 0.161 e. The standard InChI is InChI=1S/C18H27N3O2/c1-5-21-12-16(11-20-21)10-19-9-15-6-7-17(18(8-15)22-4)23-13-14(2)3/h6-8,11-12,14,19H,5,9-10,13H2,1-4H3. The Kier molecular flexibility index (Phi) is 6.47. The van der Waals surface area contributed by atoms with Crippen LogP contribution in [0.5, 0.6) is 11.5 Å². The van der Waals surface area contributed by atoms with Crippen LogP contribution in [-0.4, -0.2) is 23.5 Å². The van der Waals surface area contributed by atoms with E-state index in [0.717, 1.165) is 31.1 Å². The van der Waals surface area contributed by atoms with E-state index in [1.807, 2.05) is 23.0 Å². The maximum Gasteiger partial charge on any atom is 0.161 e. The largest absolute Gasteiger partial charge is 0.493 e. The summed E-state index contributed by atoms with van der Waals surface area (Å²) >= 11 is 0. The minimum absolute atomic E-state index is 0.491. The lowest BCUT2D eigenvalue weighted by Gasteiger charge is -2.13. The third kappa shape index (κ3) is 5.28. The van der Waals surface area contributed by atoms with Crippen LogP contribution in [0.3, 0.4) is 0 Å². The number of benzene rings is 1. The lowest BCUT2D eigenvalue weighted by atomic mass is 10.2. The molecule has 1 aromatic carbocycles. The molecular formula is C18H27N3O2. The van der Waals surface area contributed by atoms with Crippen molar-refractivity contribution in [3.8, 4) is 11.5 Å². The molecule has 0 amide bonds. The Balaban J connectivity index is 1.89. The van der Waals surface area contributed by atoms with Crippen molar-refractivity contribution in [1.29, 1.82) is 0 Å². The lowest BCUT2D eigenvalue weighted by molar-refractivity contribution is 0.256. The van der Waals surface area contributed by atoms with Crippen LogP contribution in [0.15, 0.2) is 30.6 Å². The van der Waals surface area contributed by atoms with Gasteiger partial charge in [0.2, 0.25) is 0 Å². The lowest BCUT2D eigenvalue weighted by Crippen LogP contribution is -2.12. The third-order valence-corrected chi connectivity index (χ3v) is 3.47. The summed E-state index contributed by atoms with van der Waals surface area (Å²) in [6.45, 7) is 9.51. The number of ether oxygens (including phenoxy) is 2. The molecule has 126 valence electrons. The molecule has 0 saturated carbocycles. The number of hydrogen-bond acceptors (Lipinski definition) is 4. The average Bonchev–Trinajstić information content (AvgIpc) is 3.01. The fourth-order valence-electron chi connectivity index (χ4n) is 2.22. The van der Waals surface area contributed by atoms with Crippen molar-refractivity contribution in [3.05, 3.63) is 41.7 Å². The van der Waals surface area contributed by atoms with Crippen LogP contribution < -0.4 is 14.8 Å². The number of nitrogens with one attached hydrogen (secondary N) is 1. The Morgan fingerprint density at radius 2 is 1.96 bits per heavy atom. The maximum absolute atomic E-state index is 5.78. The second kappa shape index (κ2) is 8.58. The van der Waals surface area contributed by atoms with Crippen LogP contribution in [0.1, 0.15) is 31.9 Å². The number of aryl methyl sites for hydroxylation is 1. The van der Waals surface area contributed by atoms with Crippen LogP contribution in [0.2, 0.25) is 0 Å². The zero-order valence-electron chi connectivity index (χ0n) is 14.5. The van der Waals surface area contributed by atoms with Gasteiger partial charge < -0.3 is 14.8 Å². The van der Waals surface area contributed by atoms with Crippen LogP contribution >= 0.6 is 0 Å². The molecule has 0 aliphatic rings. The highest BCUT2D eigenvalue weighted by molar-refractivity contribution is 5.43. The summed E-state index contributed by atoms with van der Waals surface area (Å²) in [6.07, 6.45) is 3.97. The number of nitrogens with zero attached hydrogens (tertiary/aromatic N) is 2. The molecule has 2 aromatic rings. The van der Waals surface area contributed by atoms with Crippen LogP contribution in [0, 0.1) is 5.92 Å². The predicted molar refractivity (Wildman–Crippen MR) is 91.8 cm³/mol. The molecular weight excluding hydrogens is 290 g/mol. The van der Waals surface area contributed by atoms with Gasteiger partial charge in [-0.1, -0.05) is 19.9 Å². The summed E-state index contributed by atoms with van der Waals surface area (Å²) in [4.78, 5) is 0. The predicted octanol–water partition coefficient (Wildman–Crippen LogP) is 3.24. The molecule has 0 unspecified atom stereocenters. The highest BCUT2D eigenvalue weighted by Crippen LogP contribution is 2.28. The monoisotopic (exact) mass is 317 g/mol. The third-order valence-electron chi connectivity index (χ3n) is 3.47. The zero-order chi connectivity index (χ0) is 16.7. The van der Waals surface area contributed by atoms with Crippen molar-refractivity contribution in [1.82, 2.24) is 15.1 Å². The molecule has 0 aliphatic carbocycles. The van der Waals surface area contributed by atoms with Gasteiger partial charge in [0.1, 0.15) is 0 Å². The Morgan fingerprint density at radius 1 is 1.17 bits per heavy atom. The van der Waals surface area contributed by atoms with Crippen LogP contribution in [0.25, 0.3) is 0 Å². The molecule has 0 spiro atoms. The molecule has 5 nitrogen and oxygen atoms in total. The first kappa shape index (κ1) is 17.3. The molecule has 1 heterocycles. The van der Waals surface area contributed by atoms with Gasteiger partial charge in [-0.05, 0) is 30.5 Å². The van der Waals surface area contributed by atoms with Crippen molar-refractivity contribution in [2.24, 2.45) is 5.92 Å². The number of methoxy groups -OCH3 is 1. The molecule has 0 radical (unpaired) electrons. The van der Waals surface area contributed by atoms with E-state index in [1.54, 1.807) is 7.11 Å². The Labute approximate surface area is 138 Å². The molecule has 0 atom stereocenters. The quantitative estimate of drug-likeness (QED) is 0.771. The minimum atomic E-state index is 0.491. The molecule has 1 aromatic heterocycles. The highest BCUT2D eigenvalue weighted by Gasteiger charge is 2.07. The summed E-state index contributed by atoms with van der Waals surface area (Å²) < 4.78 is 13.1. The van der Waals surface area contributed by atoms with E-state index < -0.39 is 0 Å². The van der Waals surface area contributed by atoms with E-state index in [4.69, 9.17) is 9.47 Å². The van der Waals surface area contributed by atoms with Gasteiger partial charge in [0.05, 0.1) is 19.9 Å². The molecule has 5 heteroatoms. The SMILES string of the molecule is CCn1cc(CNCc2ccc(OCC(C)C)c(OC)c2)cn1. The number of hydrogen-bond donors (Lipinski definition) is 1. The van der Waals surface area contributed by atoms with Crippen molar-refractivity contribution >= 4 is 0 Å². The van der Waals surface area contributed by atoms with Crippen molar-refractivity contribution in [2.45, 2.75) is 40.4 Å². The second-order valence-electron chi connectivity index (χ2n) is 6.00. The first-order valence-electron chi connectivity index (χ1n) is 8.14. The van der Waals surface area contributed by atoms with E-state index in [9.17, 15) is 0 Å². The van der Waals surface area contributed by atoms with E-state index in [2.05, 4.69) is 43.4 Å². The molecule has 0 bridgehead atoms. The van der Waals surface area contributed by atoms with E-state index >= 15 is 0 Å². The van der Waals surface area contributed by atoms with Gasteiger partial charge in [0.15, 0.2) is 11.5 Å². The highest BCUT2D eigenvalue weighted by atomic mass is 16.5. The van der Waals surface area contributed by atoms with Gasteiger partial charge in [0.25, 0.3) is 0 Å². The normalized spacial score (nSPS) is 11.0. The topological polar surface area (TPSA) is 48.3 Å². The average molecular weight is 317 g/mol. The van der Waals surface area contributed by atoms with E-state index in [0.29, 0.717) is 12.5 Å². The molecule has 0 aliphatic heterocycles. The van der Waals surface area contributed by atoms with Gasteiger partial charge in [-0.2, -0.15) is 5.10 Å². The summed E-state index contributed by atoms with van der Waals surface area (Å²) in [5, 5.41) is 7.70. The number of aromatic nitrogens is 2.